The van der Waals surface area contributed by atoms with Crippen molar-refractivity contribution in [3.63, 3.8) is 0 Å². The summed E-state index contributed by atoms with van der Waals surface area (Å²) >= 11 is 0. The van der Waals surface area contributed by atoms with E-state index in [4.69, 9.17) is 4.74 Å². The van der Waals surface area contributed by atoms with Crippen LogP contribution >= 0.6 is 0 Å². The number of nitro benzene ring substituents is 1. The Labute approximate surface area is 169 Å². The summed E-state index contributed by atoms with van der Waals surface area (Å²) in [5, 5.41) is 15.9. The first-order valence-corrected chi connectivity index (χ1v) is 10.6. The third kappa shape index (κ3) is 6.98. The molecular formula is C17H26N4O7S. The Morgan fingerprint density at radius 2 is 1.86 bits per heavy atom. The average Bonchev–Trinajstić information content (AvgIpc) is 2.67. The van der Waals surface area contributed by atoms with Crippen molar-refractivity contribution in [1.29, 1.82) is 0 Å². The quantitative estimate of drug-likeness (QED) is 0.308. The van der Waals surface area contributed by atoms with E-state index in [2.05, 4.69) is 5.32 Å². The molecule has 0 radical (unpaired) electrons. The van der Waals surface area contributed by atoms with Gasteiger partial charge >= 0.3 is 11.7 Å². The van der Waals surface area contributed by atoms with Crippen LogP contribution in [0.5, 0.6) is 5.75 Å². The summed E-state index contributed by atoms with van der Waals surface area (Å²) in [5.41, 5.74) is -0.599. The molecule has 0 heterocycles. The lowest BCUT2D eigenvalue weighted by atomic mass is 10.3. The van der Waals surface area contributed by atoms with E-state index in [1.165, 1.54) is 6.07 Å². The fourth-order valence-corrected chi connectivity index (χ4v) is 3.84. The first kappa shape index (κ1) is 24.3. The molecule has 0 aromatic heterocycles. The van der Waals surface area contributed by atoms with E-state index in [1.807, 2.05) is 12.2 Å². The van der Waals surface area contributed by atoms with Gasteiger partial charge in [-0.15, -0.1) is 0 Å². The first-order valence-electron chi connectivity index (χ1n) is 9.16. The van der Waals surface area contributed by atoms with Crippen LogP contribution < -0.4 is 15.4 Å². The van der Waals surface area contributed by atoms with Crippen LogP contribution in [0, 0.1) is 10.1 Å². The van der Waals surface area contributed by atoms with Gasteiger partial charge in [-0.1, -0.05) is 27.2 Å². The molecule has 0 aliphatic heterocycles. The second-order valence-electron chi connectivity index (χ2n) is 5.92. The number of carbonyl (C=O) groups is 2. The summed E-state index contributed by atoms with van der Waals surface area (Å²) in [4.78, 5) is 33.6. The molecule has 1 aromatic rings. The lowest BCUT2D eigenvalue weighted by molar-refractivity contribution is -0.386. The Morgan fingerprint density at radius 3 is 2.41 bits per heavy atom. The van der Waals surface area contributed by atoms with Crippen molar-refractivity contribution in [2.75, 3.05) is 26.2 Å². The number of sulfonamides is 1. The maximum atomic E-state index is 12.5. The summed E-state index contributed by atoms with van der Waals surface area (Å²) in [6.45, 7) is 5.45. The SMILES string of the molecule is CCCCNC(=O)NC(=O)COc1ccc(S(=O)(=O)N(CC)CC)cc1[N+](=O)[O-]. The molecule has 2 N–H and O–H groups in total. The van der Waals surface area contributed by atoms with Gasteiger partial charge in [0.2, 0.25) is 10.0 Å². The number of hydrogen-bond donors (Lipinski definition) is 2. The van der Waals surface area contributed by atoms with Gasteiger partial charge in [0.1, 0.15) is 0 Å². The van der Waals surface area contributed by atoms with Gasteiger partial charge in [-0.3, -0.25) is 20.2 Å². The Bertz CT molecular complexity index is 838. The molecule has 0 saturated carbocycles. The molecule has 1 rings (SSSR count). The largest absolute Gasteiger partial charge is 0.477 e. The molecule has 0 unspecified atom stereocenters. The zero-order valence-electron chi connectivity index (χ0n) is 16.6. The lowest BCUT2D eigenvalue weighted by Crippen LogP contribution is -2.41. The van der Waals surface area contributed by atoms with Crippen molar-refractivity contribution in [1.82, 2.24) is 14.9 Å². The molecule has 3 amide bonds. The van der Waals surface area contributed by atoms with Gasteiger partial charge in [0.25, 0.3) is 5.91 Å². The Kier molecular flexibility index (Phi) is 9.48. The van der Waals surface area contributed by atoms with Gasteiger partial charge in [-0.2, -0.15) is 4.31 Å². The van der Waals surface area contributed by atoms with E-state index in [1.54, 1.807) is 13.8 Å². The third-order valence-corrected chi connectivity index (χ3v) is 5.94. The summed E-state index contributed by atoms with van der Waals surface area (Å²) in [7, 11) is -3.89. The van der Waals surface area contributed by atoms with Crippen LogP contribution in [-0.4, -0.2) is 55.8 Å². The van der Waals surface area contributed by atoms with Crippen molar-refractivity contribution in [2.45, 2.75) is 38.5 Å². The zero-order valence-corrected chi connectivity index (χ0v) is 17.5. The standard InChI is InChI=1S/C17H26N4O7S/c1-4-7-10-18-17(23)19-16(22)12-28-15-9-8-13(11-14(15)21(24)25)29(26,27)20(5-2)6-3/h8-9,11H,4-7,10,12H2,1-3H3,(H2,18,19,22,23). The number of nitro groups is 1. The second kappa shape index (κ2) is 11.3. The third-order valence-electron chi connectivity index (χ3n) is 3.90. The number of unbranched alkanes of at least 4 members (excludes halogenated alkanes) is 1. The van der Waals surface area contributed by atoms with E-state index in [0.717, 1.165) is 29.3 Å². The van der Waals surface area contributed by atoms with E-state index in [-0.39, 0.29) is 23.7 Å². The fraction of sp³-hybridized carbons (Fsp3) is 0.529. The second-order valence-corrected chi connectivity index (χ2v) is 7.86. The number of carbonyl (C=O) groups excluding carboxylic acids is 2. The first-order chi connectivity index (χ1) is 13.7. The molecule has 29 heavy (non-hydrogen) atoms. The monoisotopic (exact) mass is 430 g/mol. The van der Waals surface area contributed by atoms with E-state index in [0.29, 0.717) is 6.54 Å². The number of nitrogens with zero attached hydrogens (tertiary/aromatic N) is 2. The van der Waals surface area contributed by atoms with Crippen molar-refractivity contribution >= 4 is 27.6 Å². The van der Waals surface area contributed by atoms with Crippen LogP contribution in [0.1, 0.15) is 33.6 Å². The van der Waals surface area contributed by atoms with Crippen molar-refractivity contribution in [3.8, 4) is 5.75 Å². The van der Waals surface area contributed by atoms with Gasteiger partial charge in [-0.25, -0.2) is 13.2 Å². The van der Waals surface area contributed by atoms with Crippen LogP contribution in [0.25, 0.3) is 0 Å². The number of nitrogens with one attached hydrogen (secondary N) is 2. The number of ether oxygens (including phenoxy) is 1. The molecule has 0 atom stereocenters. The molecule has 0 fully saturated rings. The molecule has 12 heteroatoms. The highest BCUT2D eigenvalue weighted by Crippen LogP contribution is 2.30. The normalized spacial score (nSPS) is 11.2. The van der Waals surface area contributed by atoms with Crippen molar-refractivity contribution in [2.24, 2.45) is 0 Å². The lowest BCUT2D eigenvalue weighted by Gasteiger charge is -2.18. The summed E-state index contributed by atoms with van der Waals surface area (Å²) in [5.74, 6) is -1.08. The molecule has 0 spiro atoms. The minimum absolute atomic E-state index is 0.214. The molecular weight excluding hydrogens is 404 g/mol. The highest BCUT2D eigenvalue weighted by atomic mass is 32.2. The van der Waals surface area contributed by atoms with Crippen LogP contribution in [0.15, 0.2) is 23.1 Å². The summed E-state index contributed by atoms with van der Waals surface area (Å²) in [6, 6.07) is 2.48. The predicted molar refractivity (Wildman–Crippen MR) is 105 cm³/mol. The maximum Gasteiger partial charge on any atom is 0.321 e. The Balaban J connectivity index is 2.89. The molecule has 0 bridgehead atoms. The fourth-order valence-electron chi connectivity index (χ4n) is 2.36. The average molecular weight is 430 g/mol. The van der Waals surface area contributed by atoms with Gasteiger partial charge in [-0.05, 0) is 18.6 Å². The molecule has 0 saturated heterocycles. The number of imide groups is 1. The number of rotatable bonds is 11. The van der Waals surface area contributed by atoms with Gasteiger partial charge < -0.3 is 10.1 Å². The molecule has 162 valence electrons. The Hall–Kier alpha value is -2.73. The number of hydrogen-bond acceptors (Lipinski definition) is 7. The summed E-state index contributed by atoms with van der Waals surface area (Å²) in [6.07, 6.45) is 1.63. The number of urea groups is 1. The summed E-state index contributed by atoms with van der Waals surface area (Å²) < 4.78 is 31.3. The highest BCUT2D eigenvalue weighted by molar-refractivity contribution is 7.89. The number of benzene rings is 1. The van der Waals surface area contributed by atoms with Crippen LogP contribution in [0.4, 0.5) is 10.5 Å². The number of amides is 3. The molecule has 0 aliphatic rings. The van der Waals surface area contributed by atoms with Crippen LogP contribution in [-0.2, 0) is 14.8 Å². The molecule has 11 nitrogen and oxygen atoms in total. The Morgan fingerprint density at radius 1 is 1.21 bits per heavy atom. The van der Waals surface area contributed by atoms with Gasteiger partial charge in [0.05, 0.1) is 9.82 Å². The van der Waals surface area contributed by atoms with Crippen molar-refractivity contribution in [3.05, 3.63) is 28.3 Å². The smallest absolute Gasteiger partial charge is 0.321 e. The minimum Gasteiger partial charge on any atom is -0.477 e. The van der Waals surface area contributed by atoms with Crippen LogP contribution in [0.2, 0.25) is 0 Å². The predicted octanol–water partition coefficient (Wildman–Crippen LogP) is 1.63. The van der Waals surface area contributed by atoms with Crippen LogP contribution in [0.3, 0.4) is 0 Å². The van der Waals surface area contributed by atoms with E-state index >= 15 is 0 Å². The minimum atomic E-state index is -3.89. The highest BCUT2D eigenvalue weighted by Gasteiger charge is 2.26. The van der Waals surface area contributed by atoms with E-state index in [9.17, 15) is 28.1 Å². The molecule has 1 aromatic carbocycles. The van der Waals surface area contributed by atoms with Crippen molar-refractivity contribution < 1.29 is 27.7 Å². The van der Waals surface area contributed by atoms with Gasteiger partial charge in [0, 0.05) is 25.7 Å². The van der Waals surface area contributed by atoms with E-state index < -0.39 is 39.2 Å². The van der Waals surface area contributed by atoms with Gasteiger partial charge in [0.15, 0.2) is 12.4 Å². The molecule has 0 aliphatic carbocycles. The topological polar surface area (TPSA) is 148 Å². The zero-order chi connectivity index (χ0) is 22.0. The maximum absolute atomic E-state index is 12.5.